The van der Waals surface area contributed by atoms with Crippen LogP contribution in [0.3, 0.4) is 0 Å². The van der Waals surface area contributed by atoms with Crippen molar-refractivity contribution in [3.8, 4) is 0 Å². The van der Waals surface area contributed by atoms with Crippen molar-refractivity contribution in [2.45, 2.75) is 58.5 Å². The molecule has 1 atom stereocenters. The number of halogens is 1. The summed E-state index contributed by atoms with van der Waals surface area (Å²) in [6, 6.07) is 4.01. The molecule has 7 nitrogen and oxygen atoms in total. The summed E-state index contributed by atoms with van der Waals surface area (Å²) in [5.74, 6) is 0.524. The fourth-order valence-corrected chi connectivity index (χ4v) is 5.61. The maximum atomic E-state index is 12.9. The Labute approximate surface area is 201 Å². The number of amides is 2. The Hall–Kier alpha value is -2.12. The molecule has 0 unspecified atom stereocenters. The zero-order valence-electron chi connectivity index (χ0n) is 19.6. The van der Waals surface area contributed by atoms with E-state index in [0.717, 1.165) is 55.7 Å². The van der Waals surface area contributed by atoms with E-state index in [1.807, 2.05) is 19.1 Å². The first-order chi connectivity index (χ1) is 15.8. The molecule has 2 amide bonds. The standard InChI is InChI=1S/C25H34ClN3O4/c1-17-14-27(7-8-29(17)24(31)19-5-3-4-6-19)15-21-12-22(26)11-20(18(21)2)13-23(30)16-28-9-10-33-25(28)32/h11-12,17,19H,3-10,13-16H2,1-2H3/t17-/m0/s1. The number of benzene rings is 1. The molecule has 33 heavy (non-hydrogen) atoms. The number of carbonyl (C=O) groups excluding carboxylic acids is 3. The van der Waals surface area contributed by atoms with Gasteiger partial charge < -0.3 is 9.64 Å². The summed E-state index contributed by atoms with van der Waals surface area (Å²) in [5.41, 5.74) is 3.07. The van der Waals surface area contributed by atoms with Gasteiger partial charge in [-0.3, -0.25) is 19.4 Å². The molecule has 1 aliphatic carbocycles. The van der Waals surface area contributed by atoms with Gasteiger partial charge in [0.15, 0.2) is 5.78 Å². The molecule has 4 rings (SSSR count). The van der Waals surface area contributed by atoms with Crippen molar-refractivity contribution >= 4 is 29.4 Å². The van der Waals surface area contributed by atoms with Gasteiger partial charge in [-0.1, -0.05) is 24.4 Å². The van der Waals surface area contributed by atoms with E-state index >= 15 is 0 Å². The summed E-state index contributed by atoms with van der Waals surface area (Å²) in [4.78, 5) is 43.0. The van der Waals surface area contributed by atoms with Crippen molar-refractivity contribution in [1.82, 2.24) is 14.7 Å². The number of nitrogens with zero attached hydrogens (tertiary/aromatic N) is 3. The molecule has 0 bridgehead atoms. The van der Waals surface area contributed by atoms with E-state index in [1.165, 1.54) is 17.7 Å². The van der Waals surface area contributed by atoms with Crippen LogP contribution in [0.5, 0.6) is 0 Å². The summed E-state index contributed by atoms with van der Waals surface area (Å²) in [6.07, 6.45) is 4.23. The van der Waals surface area contributed by atoms with Gasteiger partial charge in [-0.15, -0.1) is 0 Å². The lowest BCUT2D eigenvalue weighted by Crippen LogP contribution is -2.54. The molecule has 2 heterocycles. The third kappa shape index (κ3) is 5.69. The molecule has 1 aromatic rings. The normalized spacial score (nSPS) is 22.2. The zero-order chi connectivity index (χ0) is 23.5. The van der Waals surface area contributed by atoms with Crippen LogP contribution in [0.2, 0.25) is 5.02 Å². The van der Waals surface area contributed by atoms with Gasteiger partial charge in [0, 0.05) is 49.6 Å². The highest BCUT2D eigenvalue weighted by atomic mass is 35.5. The first-order valence-corrected chi connectivity index (χ1v) is 12.4. The molecule has 1 saturated carbocycles. The van der Waals surface area contributed by atoms with E-state index in [-0.39, 0.29) is 30.7 Å². The van der Waals surface area contributed by atoms with Gasteiger partial charge >= 0.3 is 6.09 Å². The average Bonchev–Trinajstić information content (AvgIpc) is 3.43. The van der Waals surface area contributed by atoms with E-state index in [0.29, 0.717) is 24.1 Å². The second kappa shape index (κ2) is 10.4. The highest BCUT2D eigenvalue weighted by Crippen LogP contribution is 2.29. The monoisotopic (exact) mass is 475 g/mol. The molecule has 0 N–H and O–H groups in total. The number of rotatable bonds is 7. The Bertz CT molecular complexity index is 915. The van der Waals surface area contributed by atoms with Gasteiger partial charge in [0.05, 0.1) is 13.1 Å². The van der Waals surface area contributed by atoms with Gasteiger partial charge in [-0.25, -0.2) is 4.79 Å². The molecular formula is C25H34ClN3O4. The van der Waals surface area contributed by atoms with Gasteiger partial charge in [-0.2, -0.15) is 0 Å². The quantitative estimate of drug-likeness (QED) is 0.604. The summed E-state index contributed by atoms with van der Waals surface area (Å²) in [6.45, 7) is 8.18. The number of cyclic esters (lactones) is 1. The maximum Gasteiger partial charge on any atom is 0.410 e. The molecule has 0 spiro atoms. The molecule has 0 aromatic heterocycles. The van der Waals surface area contributed by atoms with Crippen LogP contribution >= 0.6 is 11.6 Å². The van der Waals surface area contributed by atoms with Crippen molar-refractivity contribution in [2.75, 3.05) is 39.3 Å². The van der Waals surface area contributed by atoms with Gasteiger partial charge in [0.2, 0.25) is 5.91 Å². The molecular weight excluding hydrogens is 442 g/mol. The molecule has 2 saturated heterocycles. The predicted molar refractivity (Wildman–Crippen MR) is 126 cm³/mol. The molecule has 1 aromatic carbocycles. The molecule has 8 heteroatoms. The summed E-state index contributed by atoms with van der Waals surface area (Å²) in [5, 5.41) is 0.613. The second-order valence-electron chi connectivity index (χ2n) is 9.70. The van der Waals surface area contributed by atoms with Crippen LogP contribution in [0.4, 0.5) is 4.79 Å². The highest BCUT2D eigenvalue weighted by molar-refractivity contribution is 6.30. The second-order valence-corrected chi connectivity index (χ2v) is 10.1. The first kappa shape index (κ1) is 24.0. The Morgan fingerprint density at radius 1 is 1.12 bits per heavy atom. The summed E-state index contributed by atoms with van der Waals surface area (Å²) < 4.78 is 4.91. The van der Waals surface area contributed by atoms with E-state index < -0.39 is 6.09 Å². The first-order valence-electron chi connectivity index (χ1n) is 12.1. The predicted octanol–water partition coefficient (Wildman–Crippen LogP) is 3.44. The third-order valence-corrected chi connectivity index (χ3v) is 7.50. The minimum atomic E-state index is -0.425. The smallest absolute Gasteiger partial charge is 0.410 e. The number of ketones is 1. The summed E-state index contributed by atoms with van der Waals surface area (Å²) >= 11 is 6.42. The van der Waals surface area contributed by atoms with Crippen LogP contribution in [0.1, 0.15) is 49.3 Å². The number of carbonyl (C=O) groups is 3. The van der Waals surface area contributed by atoms with Gasteiger partial charge in [-0.05, 0) is 55.5 Å². The van der Waals surface area contributed by atoms with Gasteiger partial charge in [0.25, 0.3) is 0 Å². The minimum Gasteiger partial charge on any atom is -0.448 e. The number of ether oxygens (including phenoxy) is 1. The molecule has 0 radical (unpaired) electrons. The van der Waals surface area contributed by atoms with Crippen LogP contribution in [-0.2, 0) is 27.3 Å². The number of hydrogen-bond donors (Lipinski definition) is 0. The minimum absolute atomic E-state index is 0.0298. The number of hydrogen-bond acceptors (Lipinski definition) is 5. The van der Waals surface area contributed by atoms with Crippen molar-refractivity contribution < 1.29 is 19.1 Å². The molecule has 3 fully saturated rings. The van der Waals surface area contributed by atoms with Crippen LogP contribution < -0.4 is 0 Å². The Morgan fingerprint density at radius 2 is 1.85 bits per heavy atom. The fourth-order valence-electron chi connectivity index (χ4n) is 5.35. The fraction of sp³-hybridized carbons (Fsp3) is 0.640. The van der Waals surface area contributed by atoms with Crippen molar-refractivity contribution in [2.24, 2.45) is 5.92 Å². The van der Waals surface area contributed by atoms with E-state index in [1.54, 1.807) is 0 Å². The largest absolute Gasteiger partial charge is 0.448 e. The Kier molecular flexibility index (Phi) is 7.59. The highest BCUT2D eigenvalue weighted by Gasteiger charge is 2.33. The Balaban J connectivity index is 1.37. The van der Waals surface area contributed by atoms with E-state index in [4.69, 9.17) is 16.3 Å². The van der Waals surface area contributed by atoms with E-state index in [2.05, 4.69) is 16.7 Å². The molecule has 180 valence electrons. The topological polar surface area (TPSA) is 70.2 Å². The van der Waals surface area contributed by atoms with Crippen LogP contribution in [0, 0.1) is 12.8 Å². The molecule has 2 aliphatic heterocycles. The van der Waals surface area contributed by atoms with Crippen molar-refractivity contribution in [3.63, 3.8) is 0 Å². The number of Topliss-reactive ketones (excluding diaryl/α,β-unsaturated/α-hetero) is 1. The van der Waals surface area contributed by atoms with Crippen molar-refractivity contribution in [1.29, 1.82) is 0 Å². The average molecular weight is 476 g/mol. The van der Waals surface area contributed by atoms with Crippen molar-refractivity contribution in [3.05, 3.63) is 33.8 Å². The van der Waals surface area contributed by atoms with Gasteiger partial charge in [0.1, 0.15) is 6.61 Å². The number of piperazine rings is 1. The van der Waals surface area contributed by atoms with Crippen LogP contribution in [0.15, 0.2) is 12.1 Å². The lowest BCUT2D eigenvalue weighted by molar-refractivity contribution is -0.140. The molecule has 3 aliphatic rings. The SMILES string of the molecule is Cc1c(CC(=O)CN2CCOC2=O)cc(Cl)cc1CN1CCN(C(=O)C2CCCC2)[C@@H](C)C1. The third-order valence-electron chi connectivity index (χ3n) is 7.28. The summed E-state index contributed by atoms with van der Waals surface area (Å²) in [7, 11) is 0. The van der Waals surface area contributed by atoms with Crippen LogP contribution in [-0.4, -0.2) is 77.9 Å². The zero-order valence-corrected chi connectivity index (χ0v) is 20.4. The lowest BCUT2D eigenvalue weighted by atomic mass is 9.97. The van der Waals surface area contributed by atoms with E-state index in [9.17, 15) is 14.4 Å². The Morgan fingerprint density at radius 3 is 2.52 bits per heavy atom. The van der Waals surface area contributed by atoms with Crippen LogP contribution in [0.25, 0.3) is 0 Å². The lowest BCUT2D eigenvalue weighted by Gasteiger charge is -2.41. The maximum absolute atomic E-state index is 12.9.